The van der Waals surface area contributed by atoms with E-state index in [2.05, 4.69) is 13.8 Å². The highest BCUT2D eigenvalue weighted by Crippen LogP contribution is 2.67. The molecule has 126 valence electrons. The largest absolute Gasteiger partial charge is 0.299 e. The van der Waals surface area contributed by atoms with Gasteiger partial charge in [-0.15, -0.1) is 0 Å². The number of ketones is 2. The van der Waals surface area contributed by atoms with Crippen LogP contribution in [0.4, 0.5) is 0 Å². The fourth-order valence-corrected chi connectivity index (χ4v) is 6.90. The van der Waals surface area contributed by atoms with E-state index in [0.717, 1.165) is 43.9 Å². The van der Waals surface area contributed by atoms with Gasteiger partial charge in [0.2, 0.25) is 0 Å². The molecule has 0 aromatic carbocycles. The fraction of sp³-hybridized carbons (Fsp3) is 0.810. The molecule has 0 N–H and O–H groups in total. The lowest BCUT2D eigenvalue weighted by atomic mass is 9.50. The van der Waals surface area contributed by atoms with Gasteiger partial charge >= 0.3 is 0 Å². The maximum absolute atomic E-state index is 12.4. The summed E-state index contributed by atoms with van der Waals surface area (Å²) in [6.07, 6.45) is 9.69. The Morgan fingerprint density at radius 2 is 1.83 bits per heavy atom. The normalized spacial score (nSPS) is 46.2. The summed E-state index contributed by atoms with van der Waals surface area (Å²) in [5.41, 5.74) is 3.25. The van der Waals surface area contributed by atoms with Crippen LogP contribution in [0.3, 0.4) is 0 Å². The van der Waals surface area contributed by atoms with Crippen LogP contribution in [0.15, 0.2) is 11.1 Å². The smallest absolute Gasteiger partial charge is 0.137 e. The first-order valence-corrected chi connectivity index (χ1v) is 9.60. The van der Waals surface area contributed by atoms with E-state index in [1.807, 2.05) is 6.92 Å². The Balaban J connectivity index is 1.67. The molecular weight excluding hydrogens is 284 g/mol. The third kappa shape index (κ3) is 1.99. The van der Waals surface area contributed by atoms with Crippen LogP contribution in [0.5, 0.6) is 0 Å². The fourth-order valence-electron chi connectivity index (χ4n) is 6.90. The Kier molecular flexibility index (Phi) is 3.42. The van der Waals surface area contributed by atoms with Crippen molar-refractivity contribution in [1.29, 1.82) is 0 Å². The van der Waals surface area contributed by atoms with Gasteiger partial charge < -0.3 is 0 Å². The second-order valence-corrected chi connectivity index (χ2v) is 9.14. The van der Waals surface area contributed by atoms with E-state index in [9.17, 15) is 9.59 Å². The SMILES string of the molecule is CC(=O)[C@@]1(C)CC[C@H]2[C@@H]3CCC4=C(CCC(=O)C4)[C@H]3CC[C@@]21C. The van der Waals surface area contributed by atoms with Crippen molar-refractivity contribution in [3.63, 3.8) is 0 Å². The maximum Gasteiger partial charge on any atom is 0.137 e. The minimum absolute atomic E-state index is 0.111. The molecule has 4 rings (SSSR count). The molecule has 0 aromatic heterocycles. The molecule has 2 nitrogen and oxygen atoms in total. The highest BCUT2D eigenvalue weighted by atomic mass is 16.1. The number of hydrogen-bond donors (Lipinski definition) is 0. The summed E-state index contributed by atoms with van der Waals surface area (Å²) in [6, 6.07) is 0. The zero-order valence-electron chi connectivity index (χ0n) is 14.9. The van der Waals surface area contributed by atoms with Crippen molar-refractivity contribution in [2.24, 2.45) is 28.6 Å². The second kappa shape index (κ2) is 5.04. The van der Waals surface area contributed by atoms with E-state index in [1.165, 1.54) is 31.3 Å². The third-order valence-electron chi connectivity index (χ3n) is 8.58. The number of hydrogen-bond acceptors (Lipinski definition) is 2. The molecule has 2 heteroatoms. The van der Waals surface area contributed by atoms with Crippen LogP contribution >= 0.6 is 0 Å². The summed E-state index contributed by atoms with van der Waals surface area (Å²) >= 11 is 0. The van der Waals surface area contributed by atoms with Crippen molar-refractivity contribution in [3.8, 4) is 0 Å². The first-order valence-electron chi connectivity index (χ1n) is 9.60. The summed E-state index contributed by atoms with van der Waals surface area (Å²) in [5.74, 6) is 3.05. The average molecular weight is 314 g/mol. The highest BCUT2D eigenvalue weighted by molar-refractivity contribution is 5.84. The van der Waals surface area contributed by atoms with Crippen molar-refractivity contribution in [1.82, 2.24) is 0 Å². The van der Waals surface area contributed by atoms with E-state index >= 15 is 0 Å². The molecule has 0 unspecified atom stereocenters. The van der Waals surface area contributed by atoms with E-state index < -0.39 is 0 Å². The molecule has 0 aliphatic heterocycles. The van der Waals surface area contributed by atoms with Crippen molar-refractivity contribution in [2.75, 3.05) is 0 Å². The van der Waals surface area contributed by atoms with Gasteiger partial charge in [0.1, 0.15) is 11.6 Å². The molecule has 0 spiro atoms. The minimum atomic E-state index is -0.111. The molecular formula is C21H30O2. The molecule has 0 aromatic rings. The summed E-state index contributed by atoms with van der Waals surface area (Å²) in [6.45, 7) is 6.47. The van der Waals surface area contributed by atoms with E-state index in [-0.39, 0.29) is 10.8 Å². The summed E-state index contributed by atoms with van der Waals surface area (Å²) in [4.78, 5) is 24.2. The summed E-state index contributed by atoms with van der Waals surface area (Å²) in [5, 5.41) is 0. The molecule has 4 aliphatic rings. The van der Waals surface area contributed by atoms with Gasteiger partial charge in [0.15, 0.2) is 0 Å². The van der Waals surface area contributed by atoms with Gasteiger partial charge in [-0.2, -0.15) is 0 Å². The molecule has 0 bridgehead atoms. The first-order chi connectivity index (χ1) is 10.9. The number of Topliss-reactive ketones (excluding diaryl/α,β-unsaturated/α-hetero) is 2. The highest BCUT2D eigenvalue weighted by Gasteiger charge is 2.61. The van der Waals surface area contributed by atoms with Gasteiger partial charge in [-0.05, 0) is 75.0 Å². The van der Waals surface area contributed by atoms with Crippen LogP contribution in [0.1, 0.15) is 78.6 Å². The standard InChI is InChI=1S/C21H30O2/c1-13(22)20(2)11-9-19-18-6-4-14-12-15(23)5-7-16(14)17(18)8-10-21(19,20)3/h17-19H,4-12H2,1-3H3/t17-,18-,19+,20-,21+/m1/s1. The van der Waals surface area contributed by atoms with Gasteiger partial charge in [0.05, 0.1) is 0 Å². The van der Waals surface area contributed by atoms with Crippen LogP contribution in [0.2, 0.25) is 0 Å². The molecule has 4 aliphatic carbocycles. The Labute approximate surface area is 140 Å². The third-order valence-corrected chi connectivity index (χ3v) is 8.58. The molecule has 2 fully saturated rings. The van der Waals surface area contributed by atoms with Crippen LogP contribution < -0.4 is 0 Å². The summed E-state index contributed by atoms with van der Waals surface area (Å²) in [7, 11) is 0. The predicted octanol–water partition coefficient (Wildman–Crippen LogP) is 4.87. The molecule has 0 amide bonds. The Morgan fingerprint density at radius 1 is 1.04 bits per heavy atom. The lowest BCUT2D eigenvalue weighted by molar-refractivity contribution is -0.136. The average Bonchev–Trinajstić information content (AvgIpc) is 2.80. The Bertz CT molecular complexity index is 601. The molecule has 5 atom stereocenters. The number of carbonyl (C=O) groups is 2. The van der Waals surface area contributed by atoms with Crippen molar-refractivity contribution in [2.45, 2.75) is 78.6 Å². The number of allylic oxidation sites excluding steroid dienone is 2. The van der Waals surface area contributed by atoms with Crippen molar-refractivity contribution < 1.29 is 9.59 Å². The second-order valence-electron chi connectivity index (χ2n) is 9.14. The lowest BCUT2D eigenvalue weighted by Gasteiger charge is -2.54. The van der Waals surface area contributed by atoms with Crippen LogP contribution in [-0.4, -0.2) is 11.6 Å². The van der Waals surface area contributed by atoms with Gasteiger partial charge in [0, 0.05) is 18.3 Å². The zero-order chi connectivity index (χ0) is 16.4. The van der Waals surface area contributed by atoms with E-state index in [4.69, 9.17) is 0 Å². The topological polar surface area (TPSA) is 34.1 Å². The van der Waals surface area contributed by atoms with Gasteiger partial charge in [0.25, 0.3) is 0 Å². The number of carbonyl (C=O) groups excluding carboxylic acids is 2. The Hall–Kier alpha value is -0.920. The molecule has 23 heavy (non-hydrogen) atoms. The molecule has 0 heterocycles. The quantitative estimate of drug-likeness (QED) is 0.647. The monoisotopic (exact) mass is 314 g/mol. The minimum Gasteiger partial charge on any atom is -0.299 e. The molecule has 0 saturated heterocycles. The number of rotatable bonds is 1. The van der Waals surface area contributed by atoms with Crippen LogP contribution in [0, 0.1) is 28.6 Å². The first kappa shape index (κ1) is 15.6. The molecule has 0 radical (unpaired) electrons. The van der Waals surface area contributed by atoms with Crippen molar-refractivity contribution >= 4 is 11.6 Å². The van der Waals surface area contributed by atoms with Gasteiger partial charge in [-0.25, -0.2) is 0 Å². The lowest BCUT2D eigenvalue weighted by Crippen LogP contribution is -2.49. The maximum atomic E-state index is 12.4. The van der Waals surface area contributed by atoms with E-state index in [1.54, 1.807) is 5.57 Å². The predicted molar refractivity (Wildman–Crippen MR) is 91.0 cm³/mol. The van der Waals surface area contributed by atoms with Gasteiger partial charge in [-0.3, -0.25) is 9.59 Å². The number of fused-ring (bicyclic) bond motifs is 4. The summed E-state index contributed by atoms with van der Waals surface area (Å²) < 4.78 is 0. The van der Waals surface area contributed by atoms with E-state index in [0.29, 0.717) is 17.5 Å². The Morgan fingerprint density at radius 3 is 2.57 bits per heavy atom. The van der Waals surface area contributed by atoms with Crippen LogP contribution in [-0.2, 0) is 9.59 Å². The molecule has 2 saturated carbocycles. The van der Waals surface area contributed by atoms with Crippen LogP contribution in [0.25, 0.3) is 0 Å². The van der Waals surface area contributed by atoms with Gasteiger partial charge in [-0.1, -0.05) is 25.0 Å². The van der Waals surface area contributed by atoms with Crippen molar-refractivity contribution in [3.05, 3.63) is 11.1 Å². The zero-order valence-corrected chi connectivity index (χ0v) is 14.9.